The standard InChI is InChI=1S/C18H15ClFN5O2/c1-9(19)5-11(10(2)20)17-24-15-8-27-7-13(15)18(25-17)23-14-3-4-22-6-12(14)16(21)26/h3-6H,1-2,7-8H2,(H2,21,26)(H,22,23,24,25)/b11-5+. The number of primary amides is 1. The highest BCUT2D eigenvalue weighted by molar-refractivity contribution is 6.31. The zero-order valence-corrected chi connectivity index (χ0v) is 14.9. The molecule has 7 nitrogen and oxygen atoms in total. The maximum atomic E-state index is 13.9. The summed E-state index contributed by atoms with van der Waals surface area (Å²) in [6, 6.07) is 1.58. The first-order valence-corrected chi connectivity index (χ1v) is 8.14. The Labute approximate surface area is 159 Å². The number of rotatable bonds is 6. The predicted molar refractivity (Wildman–Crippen MR) is 99.8 cm³/mol. The summed E-state index contributed by atoms with van der Waals surface area (Å²) < 4.78 is 19.4. The Kier molecular flexibility index (Phi) is 5.29. The number of nitrogens with one attached hydrogen (secondary N) is 1. The predicted octanol–water partition coefficient (Wildman–Crippen LogP) is 3.36. The second-order valence-electron chi connectivity index (χ2n) is 5.63. The third kappa shape index (κ3) is 4.02. The van der Waals surface area contributed by atoms with E-state index in [-0.39, 0.29) is 35.2 Å². The van der Waals surface area contributed by atoms with E-state index < -0.39 is 11.7 Å². The van der Waals surface area contributed by atoms with Gasteiger partial charge in [-0.05, 0) is 12.1 Å². The molecule has 0 fully saturated rings. The fourth-order valence-corrected chi connectivity index (χ4v) is 2.63. The fourth-order valence-electron chi connectivity index (χ4n) is 2.52. The SMILES string of the molecule is C=C(Cl)/C=C(\C(=C)F)c1nc2c(c(Nc3ccncc3C(N)=O)n1)COC2. The van der Waals surface area contributed by atoms with Crippen molar-refractivity contribution in [2.24, 2.45) is 5.73 Å². The lowest BCUT2D eigenvalue weighted by molar-refractivity contribution is 0.100. The number of hydrogen-bond donors (Lipinski definition) is 2. The van der Waals surface area contributed by atoms with Crippen LogP contribution in [0.3, 0.4) is 0 Å². The van der Waals surface area contributed by atoms with Gasteiger partial charge in [0.25, 0.3) is 5.91 Å². The van der Waals surface area contributed by atoms with Gasteiger partial charge in [0.1, 0.15) is 11.6 Å². The summed E-state index contributed by atoms with van der Waals surface area (Å²) in [6.07, 6.45) is 4.13. The Hall–Kier alpha value is -3.10. The van der Waals surface area contributed by atoms with Gasteiger partial charge in [-0.15, -0.1) is 0 Å². The maximum absolute atomic E-state index is 13.9. The van der Waals surface area contributed by atoms with Crippen LogP contribution >= 0.6 is 11.6 Å². The molecule has 3 N–H and O–H groups in total. The zero-order valence-electron chi connectivity index (χ0n) is 14.1. The van der Waals surface area contributed by atoms with Crippen LogP contribution in [0.1, 0.15) is 27.4 Å². The molecule has 0 saturated carbocycles. The molecule has 9 heteroatoms. The first-order valence-electron chi connectivity index (χ1n) is 7.76. The number of carbonyl (C=O) groups is 1. The number of amides is 1. The summed E-state index contributed by atoms with van der Waals surface area (Å²) in [4.78, 5) is 24.2. The molecule has 0 spiro atoms. The molecule has 138 valence electrons. The molecule has 0 aromatic carbocycles. The van der Waals surface area contributed by atoms with Crippen molar-refractivity contribution >= 4 is 34.6 Å². The third-order valence-electron chi connectivity index (χ3n) is 3.75. The molecule has 0 unspecified atom stereocenters. The quantitative estimate of drug-likeness (QED) is 0.736. The number of allylic oxidation sites excluding steroid dienone is 4. The van der Waals surface area contributed by atoms with Crippen molar-refractivity contribution in [1.82, 2.24) is 15.0 Å². The Morgan fingerprint density at radius 1 is 1.37 bits per heavy atom. The summed E-state index contributed by atoms with van der Waals surface area (Å²) in [5, 5.41) is 3.14. The third-order valence-corrected chi connectivity index (χ3v) is 3.86. The van der Waals surface area contributed by atoms with E-state index in [1.807, 2.05) is 0 Å². The number of halogens is 2. The van der Waals surface area contributed by atoms with Gasteiger partial charge in [-0.25, -0.2) is 14.4 Å². The van der Waals surface area contributed by atoms with Gasteiger partial charge in [-0.3, -0.25) is 9.78 Å². The van der Waals surface area contributed by atoms with Crippen molar-refractivity contribution in [3.8, 4) is 0 Å². The summed E-state index contributed by atoms with van der Waals surface area (Å²) in [7, 11) is 0. The lowest BCUT2D eigenvalue weighted by atomic mass is 10.1. The molecule has 3 heterocycles. The molecule has 0 aliphatic carbocycles. The summed E-state index contributed by atoms with van der Waals surface area (Å²) in [5.41, 5.74) is 7.25. The normalized spacial score (nSPS) is 13.2. The Morgan fingerprint density at radius 3 is 2.81 bits per heavy atom. The molecule has 1 aliphatic rings. The van der Waals surface area contributed by atoms with Gasteiger partial charge in [0.05, 0.1) is 35.7 Å². The van der Waals surface area contributed by atoms with Crippen molar-refractivity contribution in [2.75, 3.05) is 5.32 Å². The van der Waals surface area contributed by atoms with Gasteiger partial charge in [0.15, 0.2) is 5.82 Å². The minimum atomic E-state index is -0.761. The van der Waals surface area contributed by atoms with Crippen molar-refractivity contribution < 1.29 is 13.9 Å². The summed E-state index contributed by atoms with van der Waals surface area (Å²) >= 11 is 5.78. The van der Waals surface area contributed by atoms with Gasteiger partial charge in [-0.1, -0.05) is 24.8 Å². The number of carbonyl (C=O) groups excluding carboxylic acids is 1. The van der Waals surface area contributed by atoms with E-state index in [1.54, 1.807) is 6.07 Å². The van der Waals surface area contributed by atoms with Crippen LogP contribution in [0.2, 0.25) is 0 Å². The molecular formula is C18H15ClFN5O2. The number of fused-ring (bicyclic) bond motifs is 1. The average Bonchev–Trinajstić information content (AvgIpc) is 3.08. The minimum Gasteiger partial charge on any atom is -0.370 e. The van der Waals surface area contributed by atoms with Crippen molar-refractivity contribution in [1.29, 1.82) is 0 Å². The summed E-state index contributed by atoms with van der Waals surface area (Å²) in [5.74, 6) is -0.994. The number of nitrogens with two attached hydrogens (primary N) is 1. The number of ether oxygens (including phenoxy) is 1. The fraction of sp³-hybridized carbons (Fsp3) is 0.111. The van der Waals surface area contributed by atoms with Crippen LogP contribution in [0.15, 0.2) is 48.6 Å². The van der Waals surface area contributed by atoms with Crippen molar-refractivity contribution in [2.45, 2.75) is 13.2 Å². The van der Waals surface area contributed by atoms with Crippen LogP contribution in [0.4, 0.5) is 15.9 Å². The Balaban J connectivity index is 2.12. The van der Waals surface area contributed by atoms with Crippen molar-refractivity contribution in [3.63, 3.8) is 0 Å². The van der Waals surface area contributed by atoms with E-state index in [2.05, 4.69) is 33.4 Å². The zero-order chi connectivity index (χ0) is 19.6. The van der Waals surface area contributed by atoms with Gasteiger partial charge in [0, 0.05) is 23.0 Å². The topological polar surface area (TPSA) is 103 Å². The van der Waals surface area contributed by atoms with Crippen LogP contribution in [0.5, 0.6) is 0 Å². The molecule has 0 bridgehead atoms. The van der Waals surface area contributed by atoms with E-state index in [4.69, 9.17) is 22.1 Å². The van der Waals surface area contributed by atoms with Gasteiger partial charge in [-0.2, -0.15) is 0 Å². The van der Waals surface area contributed by atoms with E-state index >= 15 is 0 Å². The monoisotopic (exact) mass is 387 g/mol. The van der Waals surface area contributed by atoms with Gasteiger partial charge >= 0.3 is 0 Å². The lowest BCUT2D eigenvalue weighted by Gasteiger charge is -2.14. The summed E-state index contributed by atoms with van der Waals surface area (Å²) in [6.45, 7) is 7.33. The molecule has 3 rings (SSSR count). The van der Waals surface area contributed by atoms with E-state index in [0.29, 0.717) is 22.8 Å². The highest BCUT2D eigenvalue weighted by Crippen LogP contribution is 2.31. The van der Waals surface area contributed by atoms with E-state index in [9.17, 15) is 9.18 Å². The average molecular weight is 388 g/mol. The van der Waals surface area contributed by atoms with Crippen LogP contribution < -0.4 is 11.1 Å². The number of hydrogen-bond acceptors (Lipinski definition) is 6. The van der Waals surface area contributed by atoms with Gasteiger partial charge in [0.2, 0.25) is 0 Å². The Bertz CT molecular complexity index is 990. The Morgan fingerprint density at radius 2 is 2.15 bits per heavy atom. The molecule has 2 aromatic rings. The largest absolute Gasteiger partial charge is 0.370 e. The highest BCUT2D eigenvalue weighted by Gasteiger charge is 2.23. The van der Waals surface area contributed by atoms with Crippen LogP contribution in [0, 0.1) is 0 Å². The molecule has 0 radical (unpaired) electrons. The molecule has 0 atom stereocenters. The smallest absolute Gasteiger partial charge is 0.252 e. The molecule has 27 heavy (non-hydrogen) atoms. The first kappa shape index (κ1) is 18.7. The van der Waals surface area contributed by atoms with Crippen LogP contribution in [0.25, 0.3) is 5.57 Å². The number of aromatic nitrogens is 3. The van der Waals surface area contributed by atoms with Crippen LogP contribution in [-0.2, 0) is 18.0 Å². The number of pyridine rings is 1. The molecule has 1 aliphatic heterocycles. The first-order chi connectivity index (χ1) is 12.9. The number of nitrogens with zero attached hydrogens (tertiary/aromatic N) is 3. The van der Waals surface area contributed by atoms with Crippen molar-refractivity contribution in [3.05, 3.63) is 71.2 Å². The molecule has 0 saturated heterocycles. The molecule has 2 aromatic heterocycles. The number of anilines is 2. The lowest BCUT2D eigenvalue weighted by Crippen LogP contribution is -2.14. The highest BCUT2D eigenvalue weighted by atomic mass is 35.5. The van der Waals surface area contributed by atoms with E-state index in [1.165, 1.54) is 18.5 Å². The minimum absolute atomic E-state index is 0.00222. The second-order valence-corrected chi connectivity index (χ2v) is 6.12. The second kappa shape index (κ2) is 7.65. The molecule has 1 amide bonds. The maximum Gasteiger partial charge on any atom is 0.252 e. The van der Waals surface area contributed by atoms with Crippen LogP contribution in [-0.4, -0.2) is 20.9 Å². The van der Waals surface area contributed by atoms with Gasteiger partial charge < -0.3 is 15.8 Å². The molecular weight excluding hydrogens is 373 g/mol. The van der Waals surface area contributed by atoms with E-state index in [0.717, 1.165) is 0 Å².